The van der Waals surface area contributed by atoms with Gasteiger partial charge in [0, 0.05) is 31.1 Å². The van der Waals surface area contributed by atoms with Crippen LogP contribution >= 0.6 is 0 Å². The van der Waals surface area contributed by atoms with E-state index in [9.17, 15) is 9.59 Å². The van der Waals surface area contributed by atoms with Crippen LogP contribution in [0.3, 0.4) is 0 Å². The first kappa shape index (κ1) is 20.3. The summed E-state index contributed by atoms with van der Waals surface area (Å²) in [5.41, 5.74) is 1.82. The topological polar surface area (TPSA) is 58.4 Å². The van der Waals surface area contributed by atoms with Crippen LogP contribution in [0.5, 0.6) is 0 Å². The van der Waals surface area contributed by atoms with Gasteiger partial charge in [0.1, 0.15) is 6.54 Å². The van der Waals surface area contributed by atoms with Crippen molar-refractivity contribution in [3.05, 3.63) is 76.2 Å². The maximum Gasteiger partial charge on any atom is 0.275 e. The number of carbonyl (C=O) groups excluding carboxylic acids is 1. The fourth-order valence-corrected chi connectivity index (χ4v) is 4.28. The van der Waals surface area contributed by atoms with Crippen LogP contribution in [0.1, 0.15) is 24.1 Å². The van der Waals surface area contributed by atoms with Crippen molar-refractivity contribution in [2.75, 3.05) is 20.1 Å². The first-order chi connectivity index (χ1) is 14.5. The van der Waals surface area contributed by atoms with E-state index in [4.69, 9.17) is 0 Å². The average Bonchev–Trinajstić information content (AvgIpc) is 2.78. The minimum atomic E-state index is -0.209. The molecule has 6 nitrogen and oxygen atoms in total. The standard InChI is InChI=1S/C24H28N4O2/c1-18-21-12-6-7-13-22(21)24(30)28(25-18)17-23(29)27-14-8-11-20(16-27)26(2)15-19-9-4-3-5-10-19/h3-7,9-10,12-13,20H,8,11,14-17H2,1-2H3/t20-/m0/s1. The monoisotopic (exact) mass is 404 g/mol. The van der Waals surface area contributed by atoms with E-state index in [-0.39, 0.29) is 18.0 Å². The molecule has 4 rings (SSSR count). The van der Waals surface area contributed by atoms with Gasteiger partial charge in [0.05, 0.1) is 11.1 Å². The van der Waals surface area contributed by atoms with Crippen LogP contribution < -0.4 is 5.56 Å². The molecule has 1 atom stereocenters. The predicted molar refractivity (Wildman–Crippen MR) is 118 cm³/mol. The molecule has 1 fully saturated rings. The smallest absolute Gasteiger partial charge is 0.275 e. The second-order valence-electron chi connectivity index (χ2n) is 8.13. The summed E-state index contributed by atoms with van der Waals surface area (Å²) in [5.74, 6) is -0.0444. The van der Waals surface area contributed by atoms with Crippen LogP contribution in [0.2, 0.25) is 0 Å². The molecule has 1 aromatic heterocycles. The van der Waals surface area contributed by atoms with Gasteiger partial charge in [-0.05, 0) is 38.4 Å². The highest BCUT2D eigenvalue weighted by molar-refractivity contribution is 5.83. The molecular formula is C24H28N4O2. The van der Waals surface area contributed by atoms with E-state index < -0.39 is 0 Å². The summed E-state index contributed by atoms with van der Waals surface area (Å²) in [4.78, 5) is 30.0. The van der Waals surface area contributed by atoms with Crippen molar-refractivity contribution in [1.82, 2.24) is 19.6 Å². The largest absolute Gasteiger partial charge is 0.340 e. The van der Waals surface area contributed by atoms with Gasteiger partial charge in [-0.3, -0.25) is 14.5 Å². The van der Waals surface area contributed by atoms with Crippen LogP contribution in [0.15, 0.2) is 59.4 Å². The van der Waals surface area contributed by atoms with Gasteiger partial charge >= 0.3 is 0 Å². The number of fused-ring (bicyclic) bond motifs is 1. The molecule has 2 aromatic carbocycles. The molecule has 156 valence electrons. The zero-order valence-electron chi connectivity index (χ0n) is 17.6. The number of piperidine rings is 1. The molecule has 0 spiro atoms. The first-order valence-electron chi connectivity index (χ1n) is 10.5. The Morgan fingerprint density at radius 1 is 1.10 bits per heavy atom. The fraction of sp³-hybridized carbons (Fsp3) is 0.375. The summed E-state index contributed by atoms with van der Waals surface area (Å²) in [5, 5.41) is 5.84. The lowest BCUT2D eigenvalue weighted by Gasteiger charge is -2.37. The van der Waals surface area contributed by atoms with E-state index >= 15 is 0 Å². The van der Waals surface area contributed by atoms with Crippen molar-refractivity contribution in [3.8, 4) is 0 Å². The minimum Gasteiger partial charge on any atom is -0.340 e. The molecule has 6 heteroatoms. The zero-order chi connectivity index (χ0) is 21.1. The summed E-state index contributed by atoms with van der Waals surface area (Å²) in [6.45, 7) is 4.13. The van der Waals surface area contributed by atoms with Gasteiger partial charge in [-0.2, -0.15) is 5.10 Å². The van der Waals surface area contributed by atoms with Crippen LogP contribution in [0.4, 0.5) is 0 Å². The van der Waals surface area contributed by atoms with Gasteiger partial charge in [0.2, 0.25) is 5.91 Å². The third-order valence-corrected chi connectivity index (χ3v) is 5.98. The Labute approximate surface area is 176 Å². The highest BCUT2D eigenvalue weighted by atomic mass is 16.2. The molecule has 1 aliphatic rings. The Kier molecular flexibility index (Phi) is 5.95. The maximum atomic E-state index is 13.0. The molecule has 1 aliphatic heterocycles. The van der Waals surface area contributed by atoms with Gasteiger partial charge in [-0.1, -0.05) is 48.5 Å². The number of carbonyl (C=O) groups is 1. The van der Waals surface area contributed by atoms with Gasteiger partial charge in [-0.15, -0.1) is 0 Å². The van der Waals surface area contributed by atoms with Crippen LogP contribution in [0, 0.1) is 6.92 Å². The van der Waals surface area contributed by atoms with Gasteiger partial charge in [0.15, 0.2) is 0 Å². The number of rotatable bonds is 5. The van der Waals surface area contributed by atoms with Crippen molar-refractivity contribution in [2.24, 2.45) is 0 Å². The normalized spacial score (nSPS) is 16.9. The summed E-state index contributed by atoms with van der Waals surface area (Å²) in [7, 11) is 2.12. The average molecular weight is 405 g/mol. The summed E-state index contributed by atoms with van der Waals surface area (Å²) in [6, 6.07) is 18.1. The van der Waals surface area contributed by atoms with E-state index in [0.717, 1.165) is 37.0 Å². The number of benzene rings is 2. The Morgan fingerprint density at radius 3 is 2.57 bits per heavy atom. The second-order valence-corrected chi connectivity index (χ2v) is 8.13. The summed E-state index contributed by atoms with van der Waals surface area (Å²) in [6.07, 6.45) is 2.04. The Morgan fingerprint density at radius 2 is 1.80 bits per heavy atom. The molecule has 30 heavy (non-hydrogen) atoms. The summed E-state index contributed by atoms with van der Waals surface area (Å²) < 4.78 is 1.32. The third-order valence-electron chi connectivity index (χ3n) is 5.98. The van der Waals surface area contributed by atoms with E-state index in [0.29, 0.717) is 18.0 Å². The lowest BCUT2D eigenvalue weighted by Crippen LogP contribution is -2.49. The number of aryl methyl sites for hydroxylation is 1. The van der Waals surface area contributed by atoms with E-state index in [1.807, 2.05) is 36.1 Å². The zero-order valence-corrected chi connectivity index (χ0v) is 17.6. The molecule has 1 amide bonds. The van der Waals surface area contributed by atoms with Crippen LogP contribution in [-0.4, -0.2) is 51.7 Å². The molecule has 3 aromatic rings. The van der Waals surface area contributed by atoms with Crippen molar-refractivity contribution in [3.63, 3.8) is 0 Å². The number of likely N-dealkylation sites (N-methyl/N-ethyl adjacent to an activating group) is 1. The highest BCUT2D eigenvalue weighted by Crippen LogP contribution is 2.18. The Hall–Kier alpha value is -2.99. The van der Waals surface area contributed by atoms with Gasteiger partial charge in [0.25, 0.3) is 5.56 Å². The van der Waals surface area contributed by atoms with Crippen LogP contribution in [0.25, 0.3) is 10.8 Å². The molecule has 0 N–H and O–H groups in total. The minimum absolute atomic E-state index is 0.0143. The molecule has 1 saturated heterocycles. The Bertz CT molecular complexity index is 1090. The predicted octanol–water partition coefficient (Wildman–Crippen LogP) is 2.83. The van der Waals surface area contributed by atoms with Crippen molar-refractivity contribution in [1.29, 1.82) is 0 Å². The van der Waals surface area contributed by atoms with Crippen LogP contribution in [-0.2, 0) is 17.9 Å². The quantitative estimate of drug-likeness (QED) is 0.656. The van der Waals surface area contributed by atoms with E-state index in [2.05, 4.69) is 41.3 Å². The number of amides is 1. The first-order valence-corrected chi connectivity index (χ1v) is 10.5. The van der Waals surface area contributed by atoms with E-state index in [1.165, 1.54) is 10.2 Å². The number of likely N-dealkylation sites (tertiary alicyclic amines) is 1. The molecule has 0 saturated carbocycles. The van der Waals surface area contributed by atoms with Crippen molar-refractivity contribution in [2.45, 2.75) is 38.9 Å². The fourth-order valence-electron chi connectivity index (χ4n) is 4.28. The molecule has 2 heterocycles. The number of nitrogens with zero attached hydrogens (tertiary/aromatic N) is 4. The molecule has 0 bridgehead atoms. The number of hydrogen-bond acceptors (Lipinski definition) is 4. The lowest BCUT2D eigenvalue weighted by molar-refractivity contribution is -0.134. The maximum absolute atomic E-state index is 13.0. The summed E-state index contributed by atoms with van der Waals surface area (Å²) >= 11 is 0. The molecule has 0 aliphatic carbocycles. The van der Waals surface area contributed by atoms with Gasteiger partial charge in [-0.25, -0.2) is 4.68 Å². The molecular weight excluding hydrogens is 376 g/mol. The van der Waals surface area contributed by atoms with Gasteiger partial charge < -0.3 is 4.90 Å². The van der Waals surface area contributed by atoms with Crippen molar-refractivity contribution >= 4 is 16.7 Å². The number of aromatic nitrogens is 2. The Balaban J connectivity index is 1.45. The van der Waals surface area contributed by atoms with Crippen molar-refractivity contribution < 1.29 is 4.79 Å². The molecule has 0 radical (unpaired) electrons. The highest BCUT2D eigenvalue weighted by Gasteiger charge is 2.27. The third kappa shape index (κ3) is 4.28. The SMILES string of the molecule is Cc1nn(CC(=O)N2CCC[C@H](N(C)Cc3ccccc3)C2)c(=O)c2ccccc12. The second kappa shape index (κ2) is 8.79. The lowest BCUT2D eigenvalue weighted by atomic mass is 10.0. The molecule has 0 unspecified atom stereocenters. The number of hydrogen-bond donors (Lipinski definition) is 0. The van der Waals surface area contributed by atoms with E-state index in [1.54, 1.807) is 6.07 Å².